The highest BCUT2D eigenvalue weighted by atomic mass is 79.9. The van der Waals surface area contributed by atoms with Gasteiger partial charge >= 0.3 is 0 Å². The van der Waals surface area contributed by atoms with Crippen LogP contribution < -0.4 is 10.6 Å². The molecule has 26 heavy (non-hydrogen) atoms. The van der Waals surface area contributed by atoms with Crippen LogP contribution in [0.5, 0.6) is 0 Å². The molecule has 2 N–H and O–H groups in total. The molecule has 6 nitrogen and oxygen atoms in total. The van der Waals surface area contributed by atoms with E-state index >= 15 is 0 Å². The maximum absolute atomic E-state index is 11.8. The molecule has 2 aromatic rings. The van der Waals surface area contributed by atoms with E-state index in [0.29, 0.717) is 19.0 Å². The smallest absolute Gasteiger partial charge is 0.241 e. The Bertz CT molecular complexity index is 716. The van der Waals surface area contributed by atoms with Crippen LogP contribution in [0, 0.1) is 0 Å². The number of hydrogen-bond acceptors (Lipinski definition) is 3. The number of carbonyl (C=O) groups is 1. The lowest BCUT2D eigenvalue weighted by Crippen LogP contribution is -2.43. The van der Waals surface area contributed by atoms with Crippen molar-refractivity contribution < 1.29 is 4.79 Å². The van der Waals surface area contributed by atoms with Gasteiger partial charge in [0.2, 0.25) is 5.91 Å². The number of likely N-dealkylation sites (N-methyl/N-ethyl adjacent to an activating group) is 1. The predicted octanol–water partition coefficient (Wildman–Crippen LogP) is 2.21. The van der Waals surface area contributed by atoms with Gasteiger partial charge in [0, 0.05) is 43.4 Å². The average molecular weight is 418 g/mol. The normalized spacial score (nSPS) is 11.1. The molecule has 7 heteroatoms. The van der Waals surface area contributed by atoms with Crippen LogP contribution in [-0.2, 0) is 17.8 Å². The van der Waals surface area contributed by atoms with Crippen LogP contribution in [0.1, 0.15) is 11.3 Å². The van der Waals surface area contributed by atoms with Gasteiger partial charge in [-0.3, -0.25) is 9.78 Å². The van der Waals surface area contributed by atoms with Gasteiger partial charge in [0.05, 0.1) is 13.1 Å². The third-order valence-electron chi connectivity index (χ3n) is 3.64. The average Bonchev–Trinajstić information content (AvgIpc) is 2.65. The second kappa shape index (κ2) is 10.6. The summed E-state index contributed by atoms with van der Waals surface area (Å²) in [4.78, 5) is 22.3. The van der Waals surface area contributed by atoms with Crippen molar-refractivity contribution in [2.45, 2.75) is 13.0 Å². The highest BCUT2D eigenvalue weighted by Crippen LogP contribution is 2.11. The van der Waals surface area contributed by atoms with E-state index in [-0.39, 0.29) is 12.5 Å². The van der Waals surface area contributed by atoms with Gasteiger partial charge in [-0.25, -0.2) is 4.99 Å². The molecule has 0 radical (unpaired) electrons. The van der Waals surface area contributed by atoms with Crippen LogP contribution in [-0.4, -0.2) is 48.9 Å². The number of amides is 1. The number of benzene rings is 1. The van der Waals surface area contributed by atoms with Crippen LogP contribution in [0.2, 0.25) is 0 Å². The van der Waals surface area contributed by atoms with Crippen LogP contribution in [0.15, 0.2) is 58.1 Å². The van der Waals surface area contributed by atoms with E-state index in [9.17, 15) is 4.79 Å². The zero-order valence-corrected chi connectivity index (χ0v) is 16.7. The van der Waals surface area contributed by atoms with Crippen LogP contribution in [0.25, 0.3) is 0 Å². The third kappa shape index (κ3) is 7.23. The fraction of sp³-hybridized carbons (Fsp3) is 0.316. The predicted molar refractivity (Wildman–Crippen MR) is 108 cm³/mol. The summed E-state index contributed by atoms with van der Waals surface area (Å²) in [5.41, 5.74) is 2.11. The number of nitrogens with one attached hydrogen (secondary N) is 2. The van der Waals surface area contributed by atoms with Crippen molar-refractivity contribution in [3.8, 4) is 0 Å². The highest BCUT2D eigenvalue weighted by molar-refractivity contribution is 9.10. The van der Waals surface area contributed by atoms with E-state index in [1.807, 2.05) is 42.5 Å². The van der Waals surface area contributed by atoms with E-state index in [4.69, 9.17) is 0 Å². The number of aromatic nitrogens is 1. The van der Waals surface area contributed by atoms with Crippen molar-refractivity contribution in [2.24, 2.45) is 4.99 Å². The number of rotatable bonds is 7. The third-order valence-corrected chi connectivity index (χ3v) is 4.17. The van der Waals surface area contributed by atoms with Crippen molar-refractivity contribution in [3.63, 3.8) is 0 Å². The molecule has 0 bridgehead atoms. The zero-order chi connectivity index (χ0) is 18.8. The van der Waals surface area contributed by atoms with Crippen LogP contribution in [0.4, 0.5) is 0 Å². The van der Waals surface area contributed by atoms with E-state index < -0.39 is 0 Å². The van der Waals surface area contributed by atoms with Gasteiger partial charge in [-0.15, -0.1) is 0 Å². The van der Waals surface area contributed by atoms with Gasteiger partial charge in [-0.1, -0.05) is 34.1 Å². The summed E-state index contributed by atoms with van der Waals surface area (Å²) >= 11 is 3.43. The molecule has 2 rings (SSSR count). The van der Waals surface area contributed by atoms with Crippen molar-refractivity contribution in [1.82, 2.24) is 20.5 Å². The molecule has 0 saturated heterocycles. The quantitative estimate of drug-likeness (QED) is 0.535. The number of carbonyl (C=O) groups excluding carboxylic acids is 1. The number of nitrogens with zero attached hydrogens (tertiary/aromatic N) is 3. The van der Waals surface area contributed by atoms with Crippen LogP contribution >= 0.6 is 15.9 Å². The standard InChI is InChI=1S/C19H24BrN5O/c1-25(2)18(26)14-24-19(22-12-10-17-5-3-4-11-21-17)23-13-15-6-8-16(20)9-7-15/h3-9,11H,10,12-14H2,1-2H3,(H2,22,23,24). The lowest BCUT2D eigenvalue weighted by atomic mass is 10.2. The molecule has 0 aliphatic carbocycles. The maximum atomic E-state index is 11.8. The van der Waals surface area contributed by atoms with Crippen LogP contribution in [0.3, 0.4) is 0 Å². The minimum atomic E-state index is -0.00660. The Morgan fingerprint density at radius 3 is 2.58 bits per heavy atom. The number of aliphatic imine (C=N–C) groups is 1. The molecule has 0 aliphatic heterocycles. The molecule has 138 valence electrons. The second-order valence-electron chi connectivity index (χ2n) is 5.93. The van der Waals surface area contributed by atoms with Gasteiger partial charge < -0.3 is 15.5 Å². The number of guanidine groups is 1. The van der Waals surface area contributed by atoms with Gasteiger partial charge in [-0.2, -0.15) is 0 Å². The molecule has 1 amide bonds. The summed E-state index contributed by atoms with van der Waals surface area (Å²) in [6.07, 6.45) is 2.56. The Labute approximate surface area is 162 Å². The van der Waals surface area contributed by atoms with Crippen molar-refractivity contribution in [2.75, 3.05) is 27.2 Å². The fourth-order valence-electron chi connectivity index (χ4n) is 2.11. The monoisotopic (exact) mass is 417 g/mol. The largest absolute Gasteiger partial charge is 0.356 e. The molecule has 0 unspecified atom stereocenters. The number of hydrogen-bond donors (Lipinski definition) is 2. The lowest BCUT2D eigenvalue weighted by Gasteiger charge is -2.15. The van der Waals surface area contributed by atoms with E-state index in [1.54, 1.807) is 25.2 Å². The summed E-state index contributed by atoms with van der Waals surface area (Å²) in [5, 5.41) is 6.35. The summed E-state index contributed by atoms with van der Waals surface area (Å²) < 4.78 is 1.04. The fourth-order valence-corrected chi connectivity index (χ4v) is 2.37. The minimum Gasteiger partial charge on any atom is -0.356 e. The molecule has 1 aromatic heterocycles. The SMILES string of the molecule is CN(C)C(=O)CNC(=NCc1ccc(Br)cc1)NCCc1ccccn1. The number of pyridine rings is 1. The van der Waals surface area contributed by atoms with E-state index in [1.165, 1.54) is 0 Å². The van der Waals surface area contributed by atoms with Crippen molar-refractivity contribution in [1.29, 1.82) is 0 Å². The highest BCUT2D eigenvalue weighted by Gasteiger charge is 2.06. The first-order valence-electron chi connectivity index (χ1n) is 8.41. The summed E-state index contributed by atoms with van der Waals surface area (Å²) in [7, 11) is 3.47. The molecule has 0 aliphatic rings. The molecule has 1 aromatic carbocycles. The molecule has 0 fully saturated rings. The molecule has 0 saturated carbocycles. The first kappa shape index (κ1) is 19.9. The lowest BCUT2D eigenvalue weighted by molar-refractivity contribution is -0.127. The maximum Gasteiger partial charge on any atom is 0.241 e. The van der Waals surface area contributed by atoms with Crippen molar-refractivity contribution >= 4 is 27.8 Å². The van der Waals surface area contributed by atoms with Gasteiger partial charge in [0.1, 0.15) is 0 Å². The Kier molecular flexibility index (Phi) is 8.08. The number of halogens is 1. The first-order valence-corrected chi connectivity index (χ1v) is 9.20. The summed E-state index contributed by atoms with van der Waals surface area (Å²) in [6, 6.07) is 13.9. The Balaban J connectivity index is 1.94. The summed E-state index contributed by atoms with van der Waals surface area (Å²) in [6.45, 7) is 1.41. The van der Waals surface area contributed by atoms with Gasteiger partial charge in [0.25, 0.3) is 0 Å². The Morgan fingerprint density at radius 1 is 1.15 bits per heavy atom. The zero-order valence-electron chi connectivity index (χ0n) is 15.1. The Hall–Kier alpha value is -2.41. The van der Waals surface area contributed by atoms with Gasteiger partial charge in [-0.05, 0) is 29.8 Å². The molecule has 0 spiro atoms. The van der Waals surface area contributed by atoms with E-state index in [2.05, 4.69) is 36.5 Å². The molecular weight excluding hydrogens is 394 g/mol. The Morgan fingerprint density at radius 2 is 1.92 bits per heavy atom. The van der Waals surface area contributed by atoms with Gasteiger partial charge in [0.15, 0.2) is 5.96 Å². The van der Waals surface area contributed by atoms with E-state index in [0.717, 1.165) is 22.2 Å². The second-order valence-corrected chi connectivity index (χ2v) is 6.85. The summed E-state index contributed by atoms with van der Waals surface area (Å²) in [5.74, 6) is 0.604. The molecule has 0 atom stereocenters. The first-order chi connectivity index (χ1) is 12.5. The van der Waals surface area contributed by atoms with Crippen molar-refractivity contribution in [3.05, 3.63) is 64.4 Å². The minimum absolute atomic E-state index is 0.00660. The molecule has 1 heterocycles. The topological polar surface area (TPSA) is 69.6 Å². The molecular formula is C19H24BrN5O.